The van der Waals surface area contributed by atoms with Crippen LogP contribution in [0, 0.1) is 17.1 Å². The Morgan fingerprint density at radius 1 is 1.28 bits per heavy atom. The second-order valence-corrected chi connectivity index (χ2v) is 4.40. The summed E-state index contributed by atoms with van der Waals surface area (Å²) in [4.78, 5) is 3.91. The third kappa shape index (κ3) is 2.45. The van der Waals surface area contributed by atoms with E-state index in [9.17, 15) is 4.39 Å². The Hall–Kier alpha value is -1.63. The second kappa shape index (κ2) is 5.34. The molecule has 0 radical (unpaired) electrons. The molecular weight excluding hydrogens is 274 g/mol. The fourth-order valence-corrected chi connectivity index (χ4v) is 2.20. The summed E-state index contributed by atoms with van der Waals surface area (Å²) in [5, 5.41) is 9.37. The average molecular weight is 281 g/mol. The first kappa shape index (κ1) is 12.8. The van der Waals surface area contributed by atoms with Crippen molar-refractivity contribution in [2.24, 2.45) is 0 Å². The minimum atomic E-state index is -0.537. The van der Waals surface area contributed by atoms with Crippen LogP contribution in [0.5, 0.6) is 0 Å². The van der Waals surface area contributed by atoms with Gasteiger partial charge in [0.2, 0.25) is 0 Å². The summed E-state index contributed by atoms with van der Waals surface area (Å²) < 4.78 is 13.7. The number of pyridine rings is 1. The number of benzene rings is 1. The molecule has 0 saturated carbocycles. The molecule has 0 unspecified atom stereocenters. The summed E-state index contributed by atoms with van der Waals surface area (Å²) in [5.41, 5.74) is 1.14. The van der Waals surface area contributed by atoms with Crippen LogP contribution in [0.3, 0.4) is 0 Å². The number of rotatable bonds is 2. The lowest BCUT2D eigenvalue weighted by Gasteiger charge is -2.07. The molecule has 0 bridgehead atoms. The standard InChI is InChI=1S/C13H7Cl2FN2/c14-9-2-1-3-10(15)13(9)8-6-11(16)12(4-5-17)18-7-8/h1-3,6-7H,4H2. The highest BCUT2D eigenvalue weighted by Gasteiger charge is 2.11. The van der Waals surface area contributed by atoms with Crippen LogP contribution in [0.1, 0.15) is 5.69 Å². The summed E-state index contributed by atoms with van der Waals surface area (Å²) in [5.74, 6) is -0.537. The van der Waals surface area contributed by atoms with E-state index < -0.39 is 5.82 Å². The molecule has 0 N–H and O–H groups in total. The molecule has 0 fully saturated rings. The molecule has 0 aliphatic heterocycles. The van der Waals surface area contributed by atoms with Gasteiger partial charge in [0.05, 0.1) is 18.2 Å². The number of nitrogens with zero attached hydrogens (tertiary/aromatic N) is 2. The molecule has 18 heavy (non-hydrogen) atoms. The van der Waals surface area contributed by atoms with Crippen molar-refractivity contribution < 1.29 is 4.39 Å². The minimum absolute atomic E-state index is 0.0671. The lowest BCUT2D eigenvalue weighted by molar-refractivity contribution is 0.606. The van der Waals surface area contributed by atoms with Crippen LogP contribution in [0.25, 0.3) is 11.1 Å². The minimum Gasteiger partial charge on any atom is -0.256 e. The van der Waals surface area contributed by atoms with Crippen molar-refractivity contribution in [3.63, 3.8) is 0 Å². The Kier molecular flexibility index (Phi) is 3.81. The van der Waals surface area contributed by atoms with E-state index in [0.29, 0.717) is 21.2 Å². The van der Waals surface area contributed by atoms with E-state index in [-0.39, 0.29) is 12.1 Å². The molecule has 0 amide bonds. The third-order valence-corrected chi connectivity index (χ3v) is 3.05. The molecule has 2 rings (SSSR count). The highest BCUT2D eigenvalue weighted by molar-refractivity contribution is 6.39. The monoisotopic (exact) mass is 280 g/mol. The number of aromatic nitrogens is 1. The van der Waals surface area contributed by atoms with Crippen molar-refractivity contribution >= 4 is 23.2 Å². The fraction of sp³-hybridized carbons (Fsp3) is 0.0769. The van der Waals surface area contributed by atoms with Crippen molar-refractivity contribution in [2.75, 3.05) is 0 Å². The van der Waals surface area contributed by atoms with E-state index in [0.717, 1.165) is 0 Å². The van der Waals surface area contributed by atoms with Gasteiger partial charge in [-0.3, -0.25) is 4.98 Å². The van der Waals surface area contributed by atoms with Gasteiger partial charge in [-0.05, 0) is 18.2 Å². The Balaban J connectivity index is 2.53. The zero-order valence-electron chi connectivity index (χ0n) is 9.12. The quantitative estimate of drug-likeness (QED) is 0.824. The average Bonchev–Trinajstić information content (AvgIpc) is 2.32. The van der Waals surface area contributed by atoms with Crippen LogP contribution in [-0.4, -0.2) is 4.98 Å². The highest BCUT2D eigenvalue weighted by Crippen LogP contribution is 2.34. The van der Waals surface area contributed by atoms with Gasteiger partial charge in [0.1, 0.15) is 5.82 Å². The molecule has 0 aliphatic rings. The van der Waals surface area contributed by atoms with Crippen LogP contribution >= 0.6 is 23.2 Å². The maximum atomic E-state index is 13.7. The summed E-state index contributed by atoms with van der Waals surface area (Å²) in [6.07, 6.45) is 1.39. The van der Waals surface area contributed by atoms with Gasteiger partial charge in [-0.1, -0.05) is 29.3 Å². The SMILES string of the molecule is N#CCc1ncc(-c2c(Cl)cccc2Cl)cc1F. The van der Waals surface area contributed by atoms with Gasteiger partial charge in [-0.15, -0.1) is 0 Å². The molecule has 1 aromatic carbocycles. The van der Waals surface area contributed by atoms with E-state index in [4.69, 9.17) is 28.5 Å². The first-order valence-electron chi connectivity index (χ1n) is 5.09. The van der Waals surface area contributed by atoms with E-state index in [2.05, 4.69) is 4.98 Å². The van der Waals surface area contributed by atoms with E-state index in [1.54, 1.807) is 18.2 Å². The zero-order valence-corrected chi connectivity index (χ0v) is 10.6. The van der Waals surface area contributed by atoms with Gasteiger partial charge >= 0.3 is 0 Å². The third-order valence-electron chi connectivity index (χ3n) is 2.42. The van der Waals surface area contributed by atoms with Crippen molar-refractivity contribution in [2.45, 2.75) is 6.42 Å². The first-order valence-corrected chi connectivity index (χ1v) is 5.85. The van der Waals surface area contributed by atoms with Gasteiger partial charge in [-0.25, -0.2) is 4.39 Å². The first-order chi connectivity index (χ1) is 8.63. The molecule has 1 aromatic heterocycles. The lowest BCUT2D eigenvalue weighted by Crippen LogP contribution is -1.95. The Morgan fingerprint density at radius 3 is 2.50 bits per heavy atom. The van der Waals surface area contributed by atoms with Crippen molar-refractivity contribution in [3.8, 4) is 17.2 Å². The topological polar surface area (TPSA) is 36.7 Å². The lowest BCUT2D eigenvalue weighted by atomic mass is 10.1. The molecule has 2 nitrogen and oxygen atoms in total. The largest absolute Gasteiger partial charge is 0.256 e. The zero-order chi connectivity index (χ0) is 13.1. The maximum absolute atomic E-state index is 13.7. The van der Waals surface area contributed by atoms with E-state index in [1.165, 1.54) is 12.3 Å². The predicted molar refractivity (Wildman–Crippen MR) is 69.0 cm³/mol. The number of hydrogen-bond donors (Lipinski definition) is 0. The van der Waals surface area contributed by atoms with E-state index in [1.807, 2.05) is 6.07 Å². The van der Waals surface area contributed by atoms with Gasteiger partial charge in [-0.2, -0.15) is 5.26 Å². The van der Waals surface area contributed by atoms with Crippen LogP contribution in [-0.2, 0) is 6.42 Å². The highest BCUT2D eigenvalue weighted by atomic mass is 35.5. The predicted octanol–water partition coefficient (Wildman–Crippen LogP) is 4.26. The molecule has 2 aromatic rings. The molecule has 5 heteroatoms. The molecule has 0 spiro atoms. The van der Waals surface area contributed by atoms with Crippen LogP contribution in [0.4, 0.5) is 4.39 Å². The van der Waals surface area contributed by atoms with Gasteiger partial charge in [0.25, 0.3) is 0 Å². The number of halogens is 3. The second-order valence-electron chi connectivity index (χ2n) is 3.58. The summed E-state index contributed by atoms with van der Waals surface area (Å²) >= 11 is 12.1. The van der Waals surface area contributed by atoms with Gasteiger partial charge in [0, 0.05) is 27.4 Å². The van der Waals surface area contributed by atoms with Crippen LogP contribution in [0.15, 0.2) is 30.5 Å². The van der Waals surface area contributed by atoms with Crippen molar-refractivity contribution in [1.82, 2.24) is 4.98 Å². The van der Waals surface area contributed by atoms with Crippen molar-refractivity contribution in [1.29, 1.82) is 5.26 Å². The number of hydrogen-bond acceptors (Lipinski definition) is 2. The fourth-order valence-electron chi connectivity index (χ4n) is 1.58. The van der Waals surface area contributed by atoms with Gasteiger partial charge in [0.15, 0.2) is 0 Å². The molecule has 0 saturated heterocycles. The summed E-state index contributed by atoms with van der Waals surface area (Å²) in [7, 11) is 0. The van der Waals surface area contributed by atoms with Gasteiger partial charge < -0.3 is 0 Å². The Labute approximate surface area is 114 Å². The Morgan fingerprint density at radius 2 is 1.94 bits per heavy atom. The molecule has 1 heterocycles. The molecule has 0 aliphatic carbocycles. The van der Waals surface area contributed by atoms with E-state index >= 15 is 0 Å². The smallest absolute Gasteiger partial charge is 0.146 e. The molecule has 90 valence electrons. The van der Waals surface area contributed by atoms with Crippen LogP contribution < -0.4 is 0 Å². The summed E-state index contributed by atoms with van der Waals surface area (Å²) in [6.45, 7) is 0. The maximum Gasteiger partial charge on any atom is 0.146 e. The van der Waals surface area contributed by atoms with Crippen molar-refractivity contribution in [3.05, 3.63) is 52.0 Å². The summed E-state index contributed by atoms with van der Waals surface area (Å²) in [6, 6.07) is 8.19. The molecular formula is C13H7Cl2FN2. The number of nitriles is 1. The van der Waals surface area contributed by atoms with Crippen LogP contribution in [0.2, 0.25) is 10.0 Å². The molecule has 0 atom stereocenters. The normalized spacial score (nSPS) is 10.1. The Bertz CT molecular complexity index is 615.